The second-order valence-corrected chi connectivity index (χ2v) is 7.45. The number of benzene rings is 2. The first kappa shape index (κ1) is 18.7. The standard InChI is InChI=1S/C23H18N4OS/c24-15-16-5-9-19(10-6-16)26-27-23(28)22-18(12-14-29-22)8-7-17-11-13-25-21-4-2-1-3-20(17)21/h1-6,9-14,26H,7-8H2,(H,27,28). The van der Waals surface area contributed by atoms with E-state index in [1.807, 2.05) is 41.9 Å². The monoisotopic (exact) mass is 398 g/mol. The lowest BCUT2D eigenvalue weighted by atomic mass is 10.0. The molecule has 2 aromatic heterocycles. The van der Waals surface area contributed by atoms with Crippen LogP contribution in [0, 0.1) is 11.3 Å². The molecule has 0 fully saturated rings. The molecule has 0 saturated carbocycles. The number of hydrogen-bond acceptors (Lipinski definition) is 5. The Bertz CT molecular complexity index is 1190. The van der Waals surface area contributed by atoms with Crippen LogP contribution in [0.4, 0.5) is 5.69 Å². The summed E-state index contributed by atoms with van der Waals surface area (Å²) in [5.74, 6) is -0.168. The maximum absolute atomic E-state index is 12.6. The van der Waals surface area contributed by atoms with E-state index in [2.05, 4.69) is 28.0 Å². The van der Waals surface area contributed by atoms with Gasteiger partial charge in [-0.1, -0.05) is 18.2 Å². The Morgan fingerprint density at radius 3 is 2.62 bits per heavy atom. The SMILES string of the molecule is N#Cc1ccc(NNC(=O)c2sccc2CCc2ccnc3ccccc23)cc1. The average Bonchev–Trinajstić information content (AvgIpc) is 3.25. The van der Waals surface area contributed by atoms with Crippen molar-refractivity contribution in [3.05, 3.63) is 93.8 Å². The van der Waals surface area contributed by atoms with Crippen LogP contribution in [0.15, 0.2) is 72.2 Å². The number of aryl methyl sites for hydroxylation is 2. The summed E-state index contributed by atoms with van der Waals surface area (Å²) in [6, 6.07) is 21.1. The van der Waals surface area contributed by atoms with Crippen molar-refractivity contribution in [2.45, 2.75) is 12.8 Å². The zero-order valence-electron chi connectivity index (χ0n) is 15.6. The molecule has 2 N–H and O–H groups in total. The molecule has 4 aromatic rings. The summed E-state index contributed by atoms with van der Waals surface area (Å²) in [7, 11) is 0. The molecule has 5 nitrogen and oxygen atoms in total. The van der Waals surface area contributed by atoms with Crippen LogP contribution in [-0.4, -0.2) is 10.9 Å². The minimum absolute atomic E-state index is 0.168. The Balaban J connectivity index is 1.42. The zero-order valence-corrected chi connectivity index (χ0v) is 16.4. The van der Waals surface area contributed by atoms with Crippen LogP contribution in [0.5, 0.6) is 0 Å². The molecule has 0 saturated heterocycles. The number of fused-ring (bicyclic) bond motifs is 1. The number of carbonyl (C=O) groups excluding carboxylic acids is 1. The molecule has 142 valence electrons. The number of para-hydroxylation sites is 1. The maximum atomic E-state index is 12.6. The summed E-state index contributed by atoms with van der Waals surface area (Å²) >= 11 is 1.43. The summed E-state index contributed by atoms with van der Waals surface area (Å²) in [5.41, 5.74) is 10.2. The number of nitrogens with one attached hydrogen (secondary N) is 2. The van der Waals surface area contributed by atoms with Crippen LogP contribution >= 0.6 is 11.3 Å². The fraction of sp³-hybridized carbons (Fsp3) is 0.0870. The molecule has 0 aliphatic rings. The number of thiophene rings is 1. The molecule has 29 heavy (non-hydrogen) atoms. The van der Waals surface area contributed by atoms with Crippen LogP contribution < -0.4 is 10.9 Å². The molecule has 4 rings (SSSR count). The van der Waals surface area contributed by atoms with E-state index in [4.69, 9.17) is 5.26 Å². The molecule has 6 heteroatoms. The molecule has 1 amide bonds. The van der Waals surface area contributed by atoms with Crippen LogP contribution in [-0.2, 0) is 12.8 Å². The van der Waals surface area contributed by atoms with E-state index in [0.717, 1.165) is 35.0 Å². The highest BCUT2D eigenvalue weighted by atomic mass is 32.1. The number of aromatic nitrogens is 1. The van der Waals surface area contributed by atoms with E-state index in [9.17, 15) is 4.79 Å². The topological polar surface area (TPSA) is 77.8 Å². The normalized spacial score (nSPS) is 10.4. The van der Waals surface area contributed by atoms with Crippen molar-refractivity contribution in [3.8, 4) is 6.07 Å². The van der Waals surface area contributed by atoms with Crippen molar-refractivity contribution in [2.75, 3.05) is 5.43 Å². The first-order valence-electron chi connectivity index (χ1n) is 9.20. The van der Waals surface area contributed by atoms with Gasteiger partial charge in [0.05, 0.1) is 27.7 Å². The van der Waals surface area contributed by atoms with Gasteiger partial charge in [0, 0.05) is 11.6 Å². The van der Waals surface area contributed by atoms with Gasteiger partial charge in [-0.05, 0) is 71.8 Å². The van der Waals surface area contributed by atoms with Gasteiger partial charge in [0.25, 0.3) is 5.91 Å². The zero-order chi connectivity index (χ0) is 20.1. The lowest BCUT2D eigenvalue weighted by molar-refractivity contribution is 0.0966. The third-order valence-electron chi connectivity index (χ3n) is 4.69. The summed E-state index contributed by atoms with van der Waals surface area (Å²) in [6.07, 6.45) is 3.45. The summed E-state index contributed by atoms with van der Waals surface area (Å²) in [4.78, 5) is 17.7. The Labute approximate surface area is 172 Å². The minimum Gasteiger partial charge on any atom is -0.298 e. The molecule has 2 aromatic carbocycles. The van der Waals surface area contributed by atoms with E-state index >= 15 is 0 Å². The van der Waals surface area contributed by atoms with Gasteiger partial charge in [-0.25, -0.2) is 0 Å². The van der Waals surface area contributed by atoms with E-state index in [1.54, 1.807) is 24.3 Å². The summed E-state index contributed by atoms with van der Waals surface area (Å²) in [5, 5.41) is 11.9. The quantitative estimate of drug-likeness (QED) is 0.461. The van der Waals surface area contributed by atoms with E-state index in [1.165, 1.54) is 16.9 Å². The van der Waals surface area contributed by atoms with Gasteiger partial charge < -0.3 is 0 Å². The molecule has 0 aliphatic carbocycles. The van der Waals surface area contributed by atoms with Crippen molar-refractivity contribution in [1.29, 1.82) is 5.26 Å². The summed E-state index contributed by atoms with van der Waals surface area (Å²) < 4.78 is 0. The van der Waals surface area contributed by atoms with Crippen molar-refractivity contribution < 1.29 is 4.79 Å². The molecule has 2 heterocycles. The predicted molar refractivity (Wildman–Crippen MR) is 116 cm³/mol. The molecule has 0 atom stereocenters. The molecule has 0 radical (unpaired) electrons. The first-order chi connectivity index (χ1) is 14.2. The van der Waals surface area contributed by atoms with Crippen molar-refractivity contribution in [1.82, 2.24) is 10.4 Å². The Morgan fingerprint density at radius 2 is 1.79 bits per heavy atom. The highest BCUT2D eigenvalue weighted by Gasteiger charge is 2.13. The first-order valence-corrected chi connectivity index (χ1v) is 10.1. The van der Waals surface area contributed by atoms with Crippen molar-refractivity contribution in [3.63, 3.8) is 0 Å². The van der Waals surface area contributed by atoms with E-state index < -0.39 is 0 Å². The lowest BCUT2D eigenvalue weighted by Gasteiger charge is -2.10. The Hall–Kier alpha value is -3.69. The van der Waals surface area contributed by atoms with Gasteiger partial charge in [-0.15, -0.1) is 11.3 Å². The molecular weight excluding hydrogens is 380 g/mol. The lowest BCUT2D eigenvalue weighted by Crippen LogP contribution is -2.29. The van der Waals surface area contributed by atoms with Crippen LogP contribution in [0.2, 0.25) is 0 Å². The smallest absolute Gasteiger partial charge is 0.279 e. The largest absolute Gasteiger partial charge is 0.298 e. The second kappa shape index (κ2) is 8.55. The highest BCUT2D eigenvalue weighted by molar-refractivity contribution is 7.12. The van der Waals surface area contributed by atoms with Gasteiger partial charge in [-0.2, -0.15) is 5.26 Å². The van der Waals surface area contributed by atoms with E-state index in [-0.39, 0.29) is 5.91 Å². The van der Waals surface area contributed by atoms with Crippen molar-refractivity contribution >= 4 is 33.8 Å². The van der Waals surface area contributed by atoms with Gasteiger partial charge in [-0.3, -0.25) is 20.6 Å². The van der Waals surface area contributed by atoms with Crippen LogP contribution in [0.25, 0.3) is 10.9 Å². The fourth-order valence-electron chi connectivity index (χ4n) is 3.19. The molecular formula is C23H18N4OS. The third kappa shape index (κ3) is 4.26. The van der Waals surface area contributed by atoms with Crippen molar-refractivity contribution in [2.24, 2.45) is 0 Å². The van der Waals surface area contributed by atoms with Gasteiger partial charge >= 0.3 is 0 Å². The second-order valence-electron chi connectivity index (χ2n) is 6.53. The number of anilines is 1. The maximum Gasteiger partial charge on any atom is 0.279 e. The molecule has 0 aliphatic heterocycles. The predicted octanol–water partition coefficient (Wildman–Crippen LogP) is 4.71. The Morgan fingerprint density at radius 1 is 1.00 bits per heavy atom. The Kier molecular flexibility index (Phi) is 5.50. The molecule has 0 bridgehead atoms. The number of nitrogens with zero attached hydrogens (tertiary/aromatic N) is 2. The number of rotatable bonds is 6. The van der Waals surface area contributed by atoms with Crippen LogP contribution in [0.1, 0.15) is 26.4 Å². The number of amides is 1. The average molecular weight is 398 g/mol. The number of carbonyl (C=O) groups is 1. The number of nitriles is 1. The van der Waals surface area contributed by atoms with Gasteiger partial charge in [0.15, 0.2) is 0 Å². The number of hydrazine groups is 1. The molecule has 0 spiro atoms. The number of hydrogen-bond donors (Lipinski definition) is 2. The summed E-state index contributed by atoms with van der Waals surface area (Å²) in [6.45, 7) is 0. The van der Waals surface area contributed by atoms with Gasteiger partial charge in [0.1, 0.15) is 0 Å². The third-order valence-corrected chi connectivity index (χ3v) is 5.65. The number of pyridine rings is 1. The van der Waals surface area contributed by atoms with E-state index in [0.29, 0.717) is 10.4 Å². The van der Waals surface area contributed by atoms with Gasteiger partial charge in [0.2, 0.25) is 0 Å². The highest BCUT2D eigenvalue weighted by Crippen LogP contribution is 2.22. The minimum atomic E-state index is -0.168. The van der Waals surface area contributed by atoms with Crippen LogP contribution in [0.3, 0.4) is 0 Å². The molecule has 0 unspecified atom stereocenters. The fourth-order valence-corrected chi connectivity index (χ4v) is 4.04.